The molecule has 0 unspecified atom stereocenters. The highest BCUT2D eigenvalue weighted by atomic mass is 32.3. The summed E-state index contributed by atoms with van der Waals surface area (Å²) in [4.78, 5) is 0. The standard InChI is InChI=1S/C6H6N2O6S/c7-3-1-2-4(8(9)10)6-5(3)13-15(11,12)14-6/h1-2,9-10H,7H2. The van der Waals surface area contributed by atoms with Gasteiger partial charge in [0.2, 0.25) is 11.5 Å². The Morgan fingerprint density at radius 1 is 1.20 bits per heavy atom. The van der Waals surface area contributed by atoms with E-state index < -0.39 is 10.4 Å². The van der Waals surface area contributed by atoms with Crippen molar-refractivity contribution >= 4 is 21.8 Å². The summed E-state index contributed by atoms with van der Waals surface area (Å²) < 4.78 is 30.6. The maximum Gasteiger partial charge on any atom is 0.501 e. The normalized spacial score (nSPS) is 16.4. The van der Waals surface area contributed by atoms with Crippen molar-refractivity contribution in [1.29, 1.82) is 0 Å². The second kappa shape index (κ2) is 2.89. The minimum absolute atomic E-state index is 0.0108. The third kappa shape index (κ3) is 1.52. The Balaban J connectivity index is 2.65. The van der Waals surface area contributed by atoms with E-state index >= 15 is 0 Å². The van der Waals surface area contributed by atoms with Crippen molar-refractivity contribution in [2.75, 3.05) is 11.0 Å². The van der Waals surface area contributed by atoms with Crippen LogP contribution in [0.4, 0.5) is 11.4 Å². The van der Waals surface area contributed by atoms with Crippen LogP contribution in [0.5, 0.6) is 11.5 Å². The van der Waals surface area contributed by atoms with Gasteiger partial charge in [-0.2, -0.15) is 0 Å². The molecule has 0 amide bonds. The summed E-state index contributed by atoms with van der Waals surface area (Å²) in [7, 11) is -4.21. The van der Waals surface area contributed by atoms with Gasteiger partial charge in [0, 0.05) is 0 Å². The van der Waals surface area contributed by atoms with Crippen molar-refractivity contribution in [1.82, 2.24) is 0 Å². The van der Waals surface area contributed by atoms with Gasteiger partial charge in [-0.25, -0.2) is 0 Å². The van der Waals surface area contributed by atoms with Crippen LogP contribution in [0.2, 0.25) is 0 Å². The van der Waals surface area contributed by atoms with Gasteiger partial charge in [-0.3, -0.25) is 10.4 Å². The molecule has 0 saturated carbocycles. The summed E-state index contributed by atoms with van der Waals surface area (Å²) in [5.41, 5.74) is 5.13. The van der Waals surface area contributed by atoms with E-state index in [0.29, 0.717) is 0 Å². The molecule has 0 aromatic heterocycles. The average Bonchev–Trinajstić information content (AvgIpc) is 2.41. The zero-order chi connectivity index (χ0) is 11.2. The Morgan fingerprint density at radius 2 is 1.80 bits per heavy atom. The quantitative estimate of drug-likeness (QED) is 0.453. The van der Waals surface area contributed by atoms with Crippen LogP contribution in [0.25, 0.3) is 0 Å². The summed E-state index contributed by atoms with van der Waals surface area (Å²) in [6, 6.07) is 2.41. The zero-order valence-corrected chi connectivity index (χ0v) is 7.93. The molecule has 8 nitrogen and oxygen atoms in total. The van der Waals surface area contributed by atoms with E-state index in [9.17, 15) is 8.42 Å². The second-order valence-electron chi connectivity index (χ2n) is 2.70. The first-order chi connectivity index (χ1) is 6.91. The highest BCUT2D eigenvalue weighted by molar-refractivity contribution is 7.82. The molecule has 0 radical (unpaired) electrons. The fourth-order valence-corrected chi connectivity index (χ4v) is 1.89. The smallest absolute Gasteiger partial charge is 0.396 e. The minimum Gasteiger partial charge on any atom is -0.396 e. The summed E-state index contributed by atoms with van der Waals surface area (Å²) in [5, 5.41) is 17.2. The Bertz CT molecular complexity index is 511. The number of nitrogen functional groups attached to an aromatic ring is 1. The molecule has 0 aliphatic carbocycles. The van der Waals surface area contributed by atoms with Gasteiger partial charge in [-0.15, -0.1) is 13.6 Å². The predicted octanol–water partition coefficient (Wildman–Crippen LogP) is -0.130. The molecule has 0 bridgehead atoms. The summed E-state index contributed by atoms with van der Waals surface area (Å²) >= 11 is 0. The van der Waals surface area contributed by atoms with Gasteiger partial charge in [0.1, 0.15) is 5.69 Å². The third-order valence-electron chi connectivity index (χ3n) is 1.71. The van der Waals surface area contributed by atoms with Crippen molar-refractivity contribution in [2.24, 2.45) is 0 Å². The van der Waals surface area contributed by atoms with Crippen LogP contribution in [0, 0.1) is 0 Å². The monoisotopic (exact) mass is 234 g/mol. The molecule has 2 rings (SSSR count). The first kappa shape index (κ1) is 9.83. The number of rotatable bonds is 1. The van der Waals surface area contributed by atoms with Crippen LogP contribution in [0.3, 0.4) is 0 Å². The first-order valence-corrected chi connectivity index (χ1v) is 4.98. The third-order valence-corrected chi connectivity index (χ3v) is 2.45. The molecule has 1 aliphatic heterocycles. The van der Waals surface area contributed by atoms with Crippen LogP contribution in [-0.2, 0) is 10.4 Å². The Kier molecular flexibility index (Phi) is 1.89. The number of hydrogen-bond acceptors (Lipinski definition) is 8. The molecule has 1 heterocycles. The lowest BCUT2D eigenvalue weighted by Gasteiger charge is -2.09. The molecule has 1 aromatic carbocycles. The van der Waals surface area contributed by atoms with Gasteiger partial charge >= 0.3 is 10.4 Å². The fraction of sp³-hybridized carbons (Fsp3) is 0. The van der Waals surface area contributed by atoms with Crippen molar-refractivity contribution in [3.8, 4) is 11.5 Å². The SMILES string of the molecule is Nc1ccc(N(O)O)c2c1OS(=O)(=O)O2. The van der Waals surface area contributed by atoms with E-state index in [1.807, 2.05) is 0 Å². The number of benzene rings is 1. The molecule has 4 N–H and O–H groups in total. The summed E-state index contributed by atoms with van der Waals surface area (Å²) in [6.07, 6.45) is 0. The van der Waals surface area contributed by atoms with Crippen LogP contribution >= 0.6 is 0 Å². The number of nitrogens with zero attached hydrogens (tertiary/aromatic N) is 1. The molecule has 15 heavy (non-hydrogen) atoms. The van der Waals surface area contributed by atoms with E-state index in [-0.39, 0.29) is 28.1 Å². The van der Waals surface area contributed by atoms with Gasteiger partial charge in [-0.1, -0.05) is 0 Å². The summed E-state index contributed by atoms with van der Waals surface area (Å²) in [6.45, 7) is 0. The van der Waals surface area contributed by atoms with E-state index in [1.54, 1.807) is 0 Å². The maximum absolute atomic E-state index is 10.9. The first-order valence-electron chi connectivity index (χ1n) is 3.65. The topological polar surface area (TPSA) is 122 Å². The fourth-order valence-electron chi connectivity index (χ4n) is 1.11. The van der Waals surface area contributed by atoms with Gasteiger partial charge in [0.05, 0.1) is 5.69 Å². The van der Waals surface area contributed by atoms with Gasteiger partial charge in [0.25, 0.3) is 0 Å². The lowest BCUT2D eigenvalue weighted by atomic mass is 10.2. The highest BCUT2D eigenvalue weighted by Gasteiger charge is 2.34. The lowest BCUT2D eigenvalue weighted by Crippen LogP contribution is -2.12. The van der Waals surface area contributed by atoms with E-state index in [0.717, 1.165) is 0 Å². The van der Waals surface area contributed by atoms with Crippen LogP contribution in [0.1, 0.15) is 0 Å². The van der Waals surface area contributed by atoms with Crippen LogP contribution in [0.15, 0.2) is 12.1 Å². The average molecular weight is 234 g/mol. The largest absolute Gasteiger partial charge is 0.501 e. The predicted molar refractivity (Wildman–Crippen MR) is 47.1 cm³/mol. The highest BCUT2D eigenvalue weighted by Crippen LogP contribution is 2.46. The molecule has 0 saturated heterocycles. The van der Waals surface area contributed by atoms with E-state index in [4.69, 9.17) is 16.1 Å². The Labute approximate surface area is 84.3 Å². The molecule has 1 aliphatic rings. The van der Waals surface area contributed by atoms with Gasteiger partial charge < -0.3 is 14.1 Å². The molecule has 0 spiro atoms. The molecular formula is C6H6N2O6S. The van der Waals surface area contributed by atoms with Crippen molar-refractivity contribution < 1.29 is 27.2 Å². The lowest BCUT2D eigenvalue weighted by molar-refractivity contribution is 0.0285. The summed E-state index contributed by atoms with van der Waals surface area (Å²) in [5.74, 6) is -0.624. The van der Waals surface area contributed by atoms with Crippen LogP contribution < -0.4 is 19.3 Å². The van der Waals surface area contributed by atoms with Crippen LogP contribution in [-0.4, -0.2) is 18.8 Å². The Hall–Kier alpha value is -1.71. The van der Waals surface area contributed by atoms with Crippen molar-refractivity contribution in [3.63, 3.8) is 0 Å². The maximum atomic E-state index is 10.9. The van der Waals surface area contributed by atoms with E-state index in [2.05, 4.69) is 8.37 Å². The van der Waals surface area contributed by atoms with E-state index in [1.165, 1.54) is 12.1 Å². The number of hydrogen-bond donors (Lipinski definition) is 3. The number of nitrogens with two attached hydrogens (primary N) is 1. The second-order valence-corrected chi connectivity index (χ2v) is 3.85. The molecular weight excluding hydrogens is 228 g/mol. The minimum atomic E-state index is -4.21. The number of anilines is 2. The van der Waals surface area contributed by atoms with Gasteiger partial charge in [0.15, 0.2) is 0 Å². The van der Waals surface area contributed by atoms with Gasteiger partial charge in [-0.05, 0) is 12.1 Å². The molecule has 1 aromatic rings. The molecule has 0 fully saturated rings. The molecule has 82 valence electrons. The molecule has 9 heteroatoms. The zero-order valence-electron chi connectivity index (χ0n) is 7.11. The van der Waals surface area contributed by atoms with Crippen molar-refractivity contribution in [2.45, 2.75) is 0 Å². The molecule has 0 atom stereocenters. The Morgan fingerprint density at radius 3 is 2.40 bits per heavy atom. The number of fused-ring (bicyclic) bond motifs is 1. The van der Waals surface area contributed by atoms with Crippen molar-refractivity contribution in [3.05, 3.63) is 12.1 Å².